The lowest BCUT2D eigenvalue weighted by Gasteiger charge is -2.34. The molecule has 1 aliphatic rings. The number of nitrogens with one attached hydrogen (secondary N) is 2. The van der Waals surface area contributed by atoms with Crippen molar-refractivity contribution in [1.82, 2.24) is 29.3 Å². The molecule has 1 aromatic carbocycles. The van der Waals surface area contributed by atoms with Gasteiger partial charge in [-0.25, -0.2) is 14.4 Å². The van der Waals surface area contributed by atoms with E-state index in [0.717, 1.165) is 42.5 Å². The van der Waals surface area contributed by atoms with Crippen LogP contribution in [0.4, 0.5) is 21.7 Å². The average Bonchev–Trinajstić information content (AvgIpc) is 3.65. The largest absolute Gasteiger partial charge is 0.478 e. The zero-order chi connectivity index (χ0) is 24.6. The maximum Gasteiger partial charge on any atom is 0.256 e. The third kappa shape index (κ3) is 3.94. The van der Waals surface area contributed by atoms with E-state index in [1.54, 1.807) is 17.9 Å². The summed E-state index contributed by atoms with van der Waals surface area (Å²) in [6.07, 6.45) is 11.2. The Morgan fingerprint density at radius 2 is 1.94 bits per heavy atom. The molecule has 0 unspecified atom stereocenters. The van der Waals surface area contributed by atoms with Gasteiger partial charge in [0.1, 0.15) is 11.4 Å². The number of benzene rings is 1. The monoisotopic (exact) mass is 486 g/mol. The number of anilines is 3. The van der Waals surface area contributed by atoms with Crippen molar-refractivity contribution in [3.05, 3.63) is 67.1 Å². The second-order valence-electron chi connectivity index (χ2n) is 8.99. The Morgan fingerprint density at radius 3 is 2.72 bits per heavy atom. The lowest BCUT2D eigenvalue weighted by Crippen LogP contribution is -2.34. The van der Waals surface area contributed by atoms with Crippen molar-refractivity contribution >= 4 is 28.2 Å². The first-order chi connectivity index (χ1) is 17.6. The van der Waals surface area contributed by atoms with E-state index in [0.29, 0.717) is 23.2 Å². The maximum atomic E-state index is 15.0. The number of fused-ring (bicyclic) bond motifs is 1. The summed E-state index contributed by atoms with van der Waals surface area (Å²) in [5, 5.41) is 8.22. The number of piperidine rings is 1. The van der Waals surface area contributed by atoms with E-state index in [1.807, 2.05) is 18.3 Å². The predicted octanol–water partition coefficient (Wildman–Crippen LogP) is 4.89. The van der Waals surface area contributed by atoms with Gasteiger partial charge in [-0.15, -0.1) is 5.10 Å². The molecule has 0 spiro atoms. The van der Waals surface area contributed by atoms with Gasteiger partial charge in [-0.2, -0.15) is 0 Å². The van der Waals surface area contributed by atoms with E-state index < -0.39 is 5.82 Å². The molecule has 0 amide bonds. The molecule has 1 saturated heterocycles. The van der Waals surface area contributed by atoms with Crippen LogP contribution in [0.5, 0.6) is 5.88 Å². The highest BCUT2D eigenvalue weighted by atomic mass is 19.1. The van der Waals surface area contributed by atoms with E-state index in [-0.39, 0.29) is 11.6 Å². The van der Waals surface area contributed by atoms with Gasteiger partial charge in [0.25, 0.3) is 5.88 Å². The lowest BCUT2D eigenvalue weighted by molar-refractivity contribution is 0.393. The van der Waals surface area contributed by atoms with Gasteiger partial charge in [0.05, 0.1) is 30.7 Å². The summed E-state index contributed by atoms with van der Waals surface area (Å²) in [5.74, 6) is 0.178. The Hall–Kier alpha value is -4.34. The normalized spacial score (nSPS) is 14.5. The maximum absolute atomic E-state index is 15.0. The zero-order valence-corrected chi connectivity index (χ0v) is 20.1. The Kier molecular flexibility index (Phi) is 5.55. The first-order valence-corrected chi connectivity index (χ1v) is 12.0. The van der Waals surface area contributed by atoms with Crippen molar-refractivity contribution in [2.24, 2.45) is 7.05 Å². The SMILES string of the molecule is COc1nn(C)cc1Nc1ncc(F)c(-c2c[nH]c3c(N4CCC(n5cccc5)CC4)cccc23)n1. The van der Waals surface area contributed by atoms with Crippen molar-refractivity contribution in [2.75, 3.05) is 30.4 Å². The fraction of sp³-hybridized carbons (Fsp3) is 0.269. The minimum absolute atomic E-state index is 0.227. The lowest BCUT2D eigenvalue weighted by atomic mass is 10.0. The summed E-state index contributed by atoms with van der Waals surface area (Å²) in [6.45, 7) is 1.92. The van der Waals surface area contributed by atoms with Crippen molar-refractivity contribution in [3.8, 4) is 17.1 Å². The van der Waals surface area contributed by atoms with Crippen LogP contribution in [0.3, 0.4) is 0 Å². The van der Waals surface area contributed by atoms with Crippen LogP contribution in [0, 0.1) is 5.82 Å². The molecular formula is C26H27FN8O. The minimum Gasteiger partial charge on any atom is -0.478 e. The van der Waals surface area contributed by atoms with Crippen LogP contribution in [-0.4, -0.2) is 49.5 Å². The number of H-pyrrole nitrogens is 1. The number of aryl methyl sites for hydroxylation is 1. The Balaban J connectivity index is 1.29. The van der Waals surface area contributed by atoms with Crippen molar-refractivity contribution < 1.29 is 9.13 Å². The first kappa shape index (κ1) is 22.1. The van der Waals surface area contributed by atoms with Crippen LogP contribution in [0.1, 0.15) is 18.9 Å². The van der Waals surface area contributed by atoms with E-state index >= 15 is 0 Å². The number of methoxy groups -OCH3 is 1. The standard InChI is InChI=1S/C26H27FN8O/c1-33-16-21(25(32-33)36-2)30-26-29-15-20(27)23(31-26)19-14-28-24-18(19)6-5-7-22(24)35-12-8-17(9-13-35)34-10-3-4-11-34/h3-7,10-11,14-17,28H,8-9,12-13H2,1-2H3,(H,29,30,31). The number of para-hydroxylation sites is 1. The van der Waals surface area contributed by atoms with Crippen molar-refractivity contribution in [1.29, 1.82) is 0 Å². The van der Waals surface area contributed by atoms with Crippen LogP contribution < -0.4 is 15.0 Å². The van der Waals surface area contributed by atoms with Crippen LogP contribution in [0.2, 0.25) is 0 Å². The molecule has 0 aliphatic carbocycles. The van der Waals surface area contributed by atoms with Crippen molar-refractivity contribution in [2.45, 2.75) is 18.9 Å². The van der Waals surface area contributed by atoms with Crippen LogP contribution >= 0.6 is 0 Å². The van der Waals surface area contributed by atoms with Gasteiger partial charge in [0, 0.05) is 55.7 Å². The topological polar surface area (TPSA) is 88.8 Å². The molecule has 5 heterocycles. The van der Waals surface area contributed by atoms with Gasteiger partial charge in [-0.1, -0.05) is 12.1 Å². The molecule has 2 N–H and O–H groups in total. The minimum atomic E-state index is -0.488. The van der Waals surface area contributed by atoms with E-state index in [9.17, 15) is 4.39 Å². The summed E-state index contributed by atoms with van der Waals surface area (Å²) >= 11 is 0. The number of rotatable bonds is 6. The predicted molar refractivity (Wildman–Crippen MR) is 137 cm³/mol. The molecule has 184 valence electrons. The Morgan fingerprint density at radius 1 is 1.14 bits per heavy atom. The summed E-state index contributed by atoms with van der Waals surface area (Å²) in [5.41, 5.74) is 3.62. The van der Waals surface area contributed by atoms with E-state index in [4.69, 9.17) is 4.74 Å². The highest BCUT2D eigenvalue weighted by molar-refractivity contribution is 6.01. The molecular weight excluding hydrogens is 459 g/mol. The highest BCUT2D eigenvalue weighted by Crippen LogP contribution is 2.36. The summed E-state index contributed by atoms with van der Waals surface area (Å²) in [7, 11) is 3.33. The van der Waals surface area contributed by atoms with Gasteiger partial charge in [0.2, 0.25) is 5.95 Å². The molecule has 0 radical (unpaired) electrons. The molecule has 0 saturated carbocycles. The van der Waals surface area contributed by atoms with Crippen molar-refractivity contribution in [3.63, 3.8) is 0 Å². The molecule has 1 fully saturated rings. The first-order valence-electron chi connectivity index (χ1n) is 12.0. The van der Waals surface area contributed by atoms with Crippen LogP contribution in [-0.2, 0) is 7.05 Å². The van der Waals surface area contributed by atoms with E-state index in [1.165, 1.54) is 13.3 Å². The number of nitrogens with zero attached hydrogens (tertiary/aromatic N) is 6. The average molecular weight is 487 g/mol. The zero-order valence-electron chi connectivity index (χ0n) is 20.1. The van der Waals surface area contributed by atoms with Gasteiger partial charge < -0.3 is 24.5 Å². The summed E-state index contributed by atoms with van der Waals surface area (Å²) in [4.78, 5) is 14.4. The second-order valence-corrected chi connectivity index (χ2v) is 8.99. The fourth-order valence-corrected chi connectivity index (χ4v) is 5.04. The van der Waals surface area contributed by atoms with Gasteiger partial charge in [-0.3, -0.25) is 4.68 Å². The number of ether oxygens (including phenoxy) is 1. The second kappa shape index (κ2) is 9.03. The van der Waals surface area contributed by atoms with E-state index in [2.05, 4.69) is 65.4 Å². The quantitative estimate of drug-likeness (QED) is 0.355. The molecule has 0 bridgehead atoms. The van der Waals surface area contributed by atoms with Gasteiger partial charge in [-0.05, 0) is 31.0 Å². The molecule has 1 aliphatic heterocycles. The third-order valence-corrected chi connectivity index (χ3v) is 6.78. The number of halogens is 1. The Bertz CT molecular complexity index is 1500. The smallest absolute Gasteiger partial charge is 0.256 e. The molecule has 5 aromatic rings. The summed E-state index contributed by atoms with van der Waals surface area (Å²) < 4.78 is 24.2. The van der Waals surface area contributed by atoms with Crippen LogP contribution in [0.15, 0.2) is 61.3 Å². The Labute approximate surface area is 207 Å². The van der Waals surface area contributed by atoms with Gasteiger partial charge in [0.15, 0.2) is 5.82 Å². The number of hydrogen-bond acceptors (Lipinski definition) is 6. The third-order valence-electron chi connectivity index (χ3n) is 6.78. The highest BCUT2D eigenvalue weighted by Gasteiger charge is 2.23. The fourth-order valence-electron chi connectivity index (χ4n) is 5.04. The molecule has 10 heteroatoms. The molecule has 36 heavy (non-hydrogen) atoms. The van der Waals surface area contributed by atoms with Crippen LogP contribution in [0.25, 0.3) is 22.2 Å². The summed E-state index contributed by atoms with van der Waals surface area (Å²) in [6, 6.07) is 10.8. The molecule has 9 nitrogen and oxygen atoms in total. The molecule has 4 aromatic heterocycles. The molecule has 0 atom stereocenters. The number of aromatic nitrogens is 6. The molecule has 6 rings (SSSR count). The van der Waals surface area contributed by atoms with Gasteiger partial charge >= 0.3 is 0 Å². The number of hydrogen-bond donors (Lipinski definition) is 2. The number of aromatic amines is 1.